The van der Waals surface area contributed by atoms with E-state index in [0.717, 1.165) is 37.2 Å². The molecule has 0 unspecified atom stereocenters. The fraction of sp³-hybridized carbons (Fsp3) is 0.562. The van der Waals surface area contributed by atoms with Gasteiger partial charge in [-0.05, 0) is 43.9 Å². The Labute approximate surface area is 133 Å². The molecule has 0 atom stereocenters. The van der Waals surface area contributed by atoms with E-state index in [-0.39, 0.29) is 24.4 Å². The predicted molar refractivity (Wildman–Crippen MR) is 87.1 cm³/mol. The molecule has 0 aliphatic carbocycles. The fourth-order valence-corrected chi connectivity index (χ4v) is 2.44. The normalized spacial score (nSPS) is 15.5. The van der Waals surface area contributed by atoms with Gasteiger partial charge in [0, 0.05) is 19.1 Å². The molecule has 21 heavy (non-hydrogen) atoms. The highest BCUT2D eigenvalue weighted by Crippen LogP contribution is 2.20. The SMILES string of the molecule is Cc1cccc(OCCC(=O)N2CCC(N)CC2)c1C.Cl. The summed E-state index contributed by atoms with van der Waals surface area (Å²) in [6.07, 6.45) is 2.25. The first kappa shape index (κ1) is 17.8. The maximum Gasteiger partial charge on any atom is 0.225 e. The highest BCUT2D eigenvalue weighted by Gasteiger charge is 2.20. The smallest absolute Gasteiger partial charge is 0.225 e. The molecule has 0 spiro atoms. The van der Waals surface area contributed by atoms with Crippen molar-refractivity contribution in [1.29, 1.82) is 0 Å². The number of carbonyl (C=O) groups excluding carboxylic acids is 1. The summed E-state index contributed by atoms with van der Waals surface area (Å²) in [7, 11) is 0. The lowest BCUT2D eigenvalue weighted by atomic mass is 10.1. The lowest BCUT2D eigenvalue weighted by molar-refractivity contribution is -0.132. The van der Waals surface area contributed by atoms with Gasteiger partial charge in [0.1, 0.15) is 5.75 Å². The first-order chi connectivity index (χ1) is 9.58. The Morgan fingerprint density at radius 2 is 2.00 bits per heavy atom. The number of hydrogen-bond donors (Lipinski definition) is 1. The number of ether oxygens (including phenoxy) is 1. The van der Waals surface area contributed by atoms with Gasteiger partial charge in [-0.2, -0.15) is 0 Å². The molecule has 1 amide bonds. The predicted octanol–water partition coefficient (Wildman–Crippen LogP) is 2.44. The molecule has 1 aliphatic heterocycles. The first-order valence-corrected chi connectivity index (χ1v) is 7.30. The van der Waals surface area contributed by atoms with Gasteiger partial charge in [-0.3, -0.25) is 4.79 Å². The number of amides is 1. The Morgan fingerprint density at radius 3 is 2.67 bits per heavy atom. The Morgan fingerprint density at radius 1 is 1.33 bits per heavy atom. The van der Waals surface area contributed by atoms with E-state index < -0.39 is 0 Å². The van der Waals surface area contributed by atoms with Crippen LogP contribution in [-0.2, 0) is 4.79 Å². The molecule has 1 aromatic rings. The number of likely N-dealkylation sites (tertiary alicyclic amines) is 1. The van der Waals surface area contributed by atoms with Crippen LogP contribution in [0.4, 0.5) is 0 Å². The zero-order chi connectivity index (χ0) is 14.5. The molecule has 1 aliphatic rings. The summed E-state index contributed by atoms with van der Waals surface area (Å²) in [6, 6.07) is 6.24. The molecule has 5 heteroatoms. The zero-order valence-electron chi connectivity index (χ0n) is 12.8. The summed E-state index contributed by atoms with van der Waals surface area (Å²) in [5.41, 5.74) is 8.19. The summed E-state index contributed by atoms with van der Waals surface area (Å²) >= 11 is 0. The molecule has 4 nitrogen and oxygen atoms in total. The van der Waals surface area contributed by atoms with Gasteiger partial charge >= 0.3 is 0 Å². The molecule has 118 valence electrons. The molecule has 0 bridgehead atoms. The van der Waals surface area contributed by atoms with Crippen LogP contribution in [-0.4, -0.2) is 36.5 Å². The van der Waals surface area contributed by atoms with Crippen molar-refractivity contribution in [2.45, 2.75) is 39.2 Å². The summed E-state index contributed by atoms with van der Waals surface area (Å²) in [4.78, 5) is 14.0. The van der Waals surface area contributed by atoms with Crippen LogP contribution in [0.25, 0.3) is 0 Å². The second kappa shape index (κ2) is 8.25. The average molecular weight is 313 g/mol. The molecule has 0 saturated carbocycles. The number of benzene rings is 1. The van der Waals surface area contributed by atoms with E-state index in [4.69, 9.17) is 10.5 Å². The van der Waals surface area contributed by atoms with Crippen LogP contribution < -0.4 is 10.5 Å². The minimum atomic E-state index is 0. The molecule has 0 radical (unpaired) electrons. The van der Waals surface area contributed by atoms with Gasteiger partial charge in [-0.25, -0.2) is 0 Å². The lowest BCUT2D eigenvalue weighted by Crippen LogP contribution is -2.43. The fourth-order valence-electron chi connectivity index (χ4n) is 2.44. The van der Waals surface area contributed by atoms with Crippen LogP contribution in [0.5, 0.6) is 5.75 Å². The minimum absolute atomic E-state index is 0. The lowest BCUT2D eigenvalue weighted by Gasteiger charge is -2.30. The van der Waals surface area contributed by atoms with E-state index in [2.05, 4.69) is 13.0 Å². The van der Waals surface area contributed by atoms with E-state index in [0.29, 0.717) is 13.0 Å². The summed E-state index contributed by atoms with van der Waals surface area (Å²) < 4.78 is 5.73. The van der Waals surface area contributed by atoms with Crippen LogP contribution in [0.2, 0.25) is 0 Å². The van der Waals surface area contributed by atoms with Crippen molar-refractivity contribution in [2.24, 2.45) is 5.73 Å². The maximum atomic E-state index is 12.1. The Kier molecular flexibility index (Phi) is 6.99. The van der Waals surface area contributed by atoms with Crippen LogP contribution in [0.1, 0.15) is 30.4 Å². The number of piperidine rings is 1. The van der Waals surface area contributed by atoms with Crippen molar-refractivity contribution in [3.8, 4) is 5.75 Å². The third kappa shape index (κ3) is 4.90. The number of rotatable bonds is 4. The van der Waals surface area contributed by atoms with Gasteiger partial charge in [0.15, 0.2) is 0 Å². The molecule has 1 fully saturated rings. The molecule has 1 aromatic carbocycles. The van der Waals surface area contributed by atoms with Gasteiger partial charge in [0.2, 0.25) is 5.91 Å². The van der Waals surface area contributed by atoms with E-state index in [1.807, 2.05) is 24.0 Å². The largest absolute Gasteiger partial charge is 0.493 e. The molecule has 2 N–H and O–H groups in total. The number of nitrogens with zero attached hydrogens (tertiary/aromatic N) is 1. The van der Waals surface area contributed by atoms with Crippen molar-refractivity contribution in [2.75, 3.05) is 19.7 Å². The van der Waals surface area contributed by atoms with Crippen molar-refractivity contribution in [3.05, 3.63) is 29.3 Å². The highest BCUT2D eigenvalue weighted by atomic mass is 35.5. The van der Waals surface area contributed by atoms with E-state index in [1.165, 1.54) is 5.56 Å². The van der Waals surface area contributed by atoms with Crippen LogP contribution in [0.15, 0.2) is 18.2 Å². The number of nitrogens with two attached hydrogens (primary N) is 1. The molecular weight excluding hydrogens is 288 g/mol. The summed E-state index contributed by atoms with van der Waals surface area (Å²) in [5.74, 6) is 1.04. The minimum Gasteiger partial charge on any atom is -0.493 e. The monoisotopic (exact) mass is 312 g/mol. The van der Waals surface area contributed by atoms with Crippen LogP contribution >= 0.6 is 12.4 Å². The third-order valence-electron chi connectivity index (χ3n) is 4.02. The average Bonchev–Trinajstić information content (AvgIpc) is 2.44. The van der Waals surface area contributed by atoms with Gasteiger partial charge in [-0.1, -0.05) is 12.1 Å². The Balaban J connectivity index is 0.00000220. The molecule has 1 saturated heterocycles. The molecule has 0 aromatic heterocycles. The number of hydrogen-bond acceptors (Lipinski definition) is 3. The van der Waals surface area contributed by atoms with Crippen molar-refractivity contribution >= 4 is 18.3 Å². The quantitative estimate of drug-likeness (QED) is 0.929. The molecule has 2 rings (SSSR count). The van der Waals surface area contributed by atoms with Gasteiger partial charge in [0.25, 0.3) is 0 Å². The first-order valence-electron chi connectivity index (χ1n) is 7.30. The Hall–Kier alpha value is -1.26. The van der Waals surface area contributed by atoms with Gasteiger partial charge in [-0.15, -0.1) is 12.4 Å². The van der Waals surface area contributed by atoms with Gasteiger partial charge in [0.05, 0.1) is 13.0 Å². The second-order valence-electron chi connectivity index (χ2n) is 5.51. The van der Waals surface area contributed by atoms with Crippen LogP contribution in [0, 0.1) is 13.8 Å². The molecular formula is C16H25ClN2O2. The highest BCUT2D eigenvalue weighted by molar-refractivity contribution is 5.85. The number of aryl methyl sites for hydroxylation is 1. The summed E-state index contributed by atoms with van der Waals surface area (Å²) in [5, 5.41) is 0. The van der Waals surface area contributed by atoms with Crippen LogP contribution in [0.3, 0.4) is 0 Å². The Bertz CT molecular complexity index is 471. The topological polar surface area (TPSA) is 55.6 Å². The van der Waals surface area contributed by atoms with E-state index in [9.17, 15) is 4.79 Å². The van der Waals surface area contributed by atoms with Crippen molar-refractivity contribution in [1.82, 2.24) is 4.90 Å². The second-order valence-corrected chi connectivity index (χ2v) is 5.51. The van der Waals surface area contributed by atoms with Crippen molar-refractivity contribution in [3.63, 3.8) is 0 Å². The maximum absolute atomic E-state index is 12.1. The zero-order valence-corrected chi connectivity index (χ0v) is 13.6. The standard InChI is InChI=1S/C16H24N2O2.ClH/c1-12-4-3-5-15(13(12)2)20-11-8-16(19)18-9-6-14(17)7-10-18;/h3-5,14H,6-11,17H2,1-2H3;1H. The number of halogens is 1. The van der Waals surface area contributed by atoms with Gasteiger partial charge < -0.3 is 15.4 Å². The third-order valence-corrected chi connectivity index (χ3v) is 4.02. The van der Waals surface area contributed by atoms with E-state index in [1.54, 1.807) is 0 Å². The summed E-state index contributed by atoms with van der Waals surface area (Å²) in [6.45, 7) is 6.10. The molecule has 1 heterocycles. The van der Waals surface area contributed by atoms with E-state index >= 15 is 0 Å². The number of carbonyl (C=O) groups is 1. The van der Waals surface area contributed by atoms with Crippen molar-refractivity contribution < 1.29 is 9.53 Å².